The average molecular weight is 461 g/mol. The summed E-state index contributed by atoms with van der Waals surface area (Å²) in [6.07, 6.45) is 5.88. The number of benzene rings is 1. The van der Waals surface area contributed by atoms with Gasteiger partial charge in [0.25, 0.3) is 0 Å². The summed E-state index contributed by atoms with van der Waals surface area (Å²) in [5.74, 6) is 1.76. The number of aliphatic imine (C=N–C) groups is 1. The first-order valence-electron chi connectivity index (χ1n) is 10.6. The third-order valence-electron chi connectivity index (χ3n) is 5.02. The van der Waals surface area contributed by atoms with Gasteiger partial charge >= 0.3 is 0 Å². The largest absolute Gasteiger partial charge is 0.495 e. The highest BCUT2D eigenvalue weighted by atomic mass is 32.1. The number of fused-ring (bicyclic) bond motifs is 2. The number of rotatable bonds is 5. The minimum absolute atomic E-state index is 0.489. The van der Waals surface area contributed by atoms with Gasteiger partial charge in [-0.25, -0.2) is 9.50 Å². The quantitative estimate of drug-likeness (QED) is 0.367. The van der Waals surface area contributed by atoms with Gasteiger partial charge in [0.15, 0.2) is 5.82 Å². The Morgan fingerprint density at radius 2 is 2.12 bits per heavy atom. The predicted molar refractivity (Wildman–Crippen MR) is 138 cm³/mol. The summed E-state index contributed by atoms with van der Waals surface area (Å²) in [4.78, 5) is 9.33. The maximum Gasteiger partial charge on any atom is 0.154 e. The lowest BCUT2D eigenvalue weighted by Gasteiger charge is -2.04. The van der Waals surface area contributed by atoms with E-state index in [9.17, 15) is 0 Å². The van der Waals surface area contributed by atoms with Crippen molar-refractivity contribution < 1.29 is 4.74 Å². The van der Waals surface area contributed by atoms with E-state index in [1.807, 2.05) is 24.6 Å². The van der Waals surface area contributed by atoms with Crippen LogP contribution in [0.2, 0.25) is 0 Å². The number of thiophene rings is 1. The third kappa shape index (κ3) is 5.04. The second-order valence-electron chi connectivity index (χ2n) is 7.33. The maximum absolute atomic E-state index is 8.15. The van der Waals surface area contributed by atoms with Crippen molar-refractivity contribution in [2.45, 2.75) is 34.1 Å². The summed E-state index contributed by atoms with van der Waals surface area (Å²) >= 11 is 1.75. The average Bonchev–Trinajstić information content (AvgIpc) is 3.43. The van der Waals surface area contributed by atoms with Crippen molar-refractivity contribution in [3.05, 3.63) is 54.1 Å². The molecule has 33 heavy (non-hydrogen) atoms. The van der Waals surface area contributed by atoms with Crippen LogP contribution in [0.1, 0.15) is 32.0 Å². The van der Waals surface area contributed by atoms with Gasteiger partial charge in [-0.3, -0.25) is 4.99 Å². The number of anilines is 1. The lowest BCUT2D eigenvalue weighted by Crippen LogP contribution is -2.01. The lowest BCUT2D eigenvalue weighted by atomic mass is 10.1. The Bertz CT molecular complexity index is 1370. The second-order valence-corrected chi connectivity index (χ2v) is 8.38. The molecule has 0 aliphatic rings. The molecule has 170 valence electrons. The SMILES string of the molecule is C/C=C\N=C(C)C#N.CCc1cc(-c2cc3cc(C)cc(OC)c3s2)c2c(NC)ncnn12. The summed E-state index contributed by atoms with van der Waals surface area (Å²) < 4.78 is 8.74. The number of hydrogen-bond donors (Lipinski definition) is 1. The lowest BCUT2D eigenvalue weighted by molar-refractivity contribution is 0.420. The molecule has 0 saturated carbocycles. The number of methoxy groups -OCH3 is 1. The van der Waals surface area contributed by atoms with Crippen molar-refractivity contribution in [1.82, 2.24) is 14.6 Å². The van der Waals surface area contributed by atoms with Gasteiger partial charge in [-0.15, -0.1) is 11.3 Å². The van der Waals surface area contributed by atoms with Gasteiger partial charge < -0.3 is 10.1 Å². The highest BCUT2D eigenvalue weighted by Gasteiger charge is 2.18. The highest BCUT2D eigenvalue weighted by molar-refractivity contribution is 7.22. The molecule has 0 saturated heterocycles. The molecule has 4 aromatic rings. The molecule has 1 aromatic carbocycles. The Morgan fingerprint density at radius 1 is 1.33 bits per heavy atom. The van der Waals surface area contributed by atoms with Crippen LogP contribution in [0.3, 0.4) is 0 Å². The molecule has 0 atom stereocenters. The molecular formula is C25H28N6OS. The normalized spacial score (nSPS) is 11.5. The molecule has 8 heteroatoms. The van der Waals surface area contributed by atoms with Crippen molar-refractivity contribution >= 4 is 38.5 Å². The Labute approximate surface area is 198 Å². The predicted octanol–water partition coefficient (Wildman–Crippen LogP) is 6.04. The van der Waals surface area contributed by atoms with Crippen molar-refractivity contribution in [3.63, 3.8) is 0 Å². The molecule has 0 aliphatic heterocycles. The van der Waals surface area contributed by atoms with Crippen LogP contribution in [-0.2, 0) is 6.42 Å². The summed E-state index contributed by atoms with van der Waals surface area (Å²) in [6.45, 7) is 7.76. The van der Waals surface area contributed by atoms with Gasteiger partial charge in [0.05, 0.1) is 11.8 Å². The Morgan fingerprint density at radius 3 is 2.76 bits per heavy atom. The van der Waals surface area contributed by atoms with Crippen LogP contribution in [-0.4, -0.2) is 34.5 Å². The first-order valence-corrected chi connectivity index (χ1v) is 11.5. The third-order valence-corrected chi connectivity index (χ3v) is 6.22. The van der Waals surface area contributed by atoms with Gasteiger partial charge in [0.1, 0.15) is 29.4 Å². The van der Waals surface area contributed by atoms with Crippen molar-refractivity contribution in [2.24, 2.45) is 4.99 Å². The van der Waals surface area contributed by atoms with E-state index in [4.69, 9.17) is 10.00 Å². The summed E-state index contributed by atoms with van der Waals surface area (Å²) in [5.41, 5.74) is 5.03. The van der Waals surface area contributed by atoms with Crippen molar-refractivity contribution in [2.75, 3.05) is 19.5 Å². The van der Waals surface area contributed by atoms with E-state index in [1.54, 1.807) is 44.0 Å². The molecule has 0 spiro atoms. The number of allylic oxidation sites excluding steroid dienone is 1. The molecule has 7 nitrogen and oxygen atoms in total. The zero-order chi connectivity index (χ0) is 24.0. The fraction of sp³-hybridized carbons (Fsp3) is 0.280. The van der Waals surface area contributed by atoms with Gasteiger partial charge in [0.2, 0.25) is 0 Å². The monoisotopic (exact) mass is 460 g/mol. The molecule has 0 amide bonds. The molecule has 1 N–H and O–H groups in total. The molecule has 4 rings (SSSR count). The van der Waals surface area contributed by atoms with E-state index in [0.717, 1.165) is 29.1 Å². The van der Waals surface area contributed by atoms with E-state index in [1.165, 1.54) is 26.2 Å². The van der Waals surface area contributed by atoms with Crippen LogP contribution in [0.15, 0.2) is 47.9 Å². The van der Waals surface area contributed by atoms with E-state index in [-0.39, 0.29) is 0 Å². The standard InChI is InChI=1S/C19H20N4OS.C6H8N2/c1-5-13-9-14(17-19(20-3)21-10-22-23(13)17)16-8-12-6-11(2)7-15(24-4)18(12)25-16;1-3-4-8-6(2)5-7/h6-10H,5H2,1-4H3,(H,20,21,22);3-4H,1-2H3/b;4-3-,8-6?. The van der Waals surface area contributed by atoms with Crippen molar-refractivity contribution in [3.8, 4) is 22.3 Å². The van der Waals surface area contributed by atoms with Crippen molar-refractivity contribution in [1.29, 1.82) is 5.26 Å². The molecule has 0 radical (unpaired) electrons. The van der Waals surface area contributed by atoms with Gasteiger partial charge in [-0.1, -0.05) is 19.1 Å². The topological polar surface area (TPSA) is 87.6 Å². The molecule has 0 fully saturated rings. The van der Waals surface area contributed by atoms with Crippen LogP contribution in [0, 0.1) is 18.3 Å². The van der Waals surface area contributed by atoms with Gasteiger partial charge in [-0.2, -0.15) is 10.4 Å². The Kier molecular flexibility index (Phi) is 7.80. The van der Waals surface area contributed by atoms with E-state index in [2.05, 4.69) is 58.5 Å². The number of aromatic nitrogens is 3. The van der Waals surface area contributed by atoms with Crippen LogP contribution >= 0.6 is 11.3 Å². The first kappa shape index (κ1) is 24.0. The number of aryl methyl sites for hydroxylation is 2. The van der Waals surface area contributed by atoms with Gasteiger partial charge in [-0.05, 0) is 56.3 Å². The number of hydrogen-bond acceptors (Lipinski definition) is 7. The maximum atomic E-state index is 8.15. The number of nitrogens with one attached hydrogen (secondary N) is 1. The zero-order valence-electron chi connectivity index (χ0n) is 19.8. The summed E-state index contributed by atoms with van der Waals surface area (Å²) in [6, 6.07) is 10.6. The molecule has 0 aliphatic carbocycles. The molecule has 0 bridgehead atoms. The zero-order valence-corrected chi connectivity index (χ0v) is 20.6. The number of nitriles is 1. The van der Waals surface area contributed by atoms with E-state index >= 15 is 0 Å². The minimum Gasteiger partial charge on any atom is -0.495 e. The van der Waals surface area contributed by atoms with Crippen LogP contribution < -0.4 is 10.1 Å². The second kappa shape index (κ2) is 10.7. The first-order chi connectivity index (χ1) is 16.0. The van der Waals surface area contributed by atoms with Crippen LogP contribution in [0.5, 0.6) is 5.75 Å². The number of nitrogens with zero attached hydrogens (tertiary/aromatic N) is 5. The fourth-order valence-electron chi connectivity index (χ4n) is 3.50. The number of ether oxygens (including phenoxy) is 1. The Balaban J connectivity index is 0.000000331. The van der Waals surface area contributed by atoms with Crippen LogP contribution in [0.25, 0.3) is 26.0 Å². The molecule has 0 unspecified atom stereocenters. The van der Waals surface area contributed by atoms with Crippen LogP contribution in [0.4, 0.5) is 5.82 Å². The van der Waals surface area contributed by atoms with Gasteiger partial charge in [0, 0.05) is 29.4 Å². The van der Waals surface area contributed by atoms with E-state index < -0.39 is 0 Å². The fourth-order valence-corrected chi connectivity index (χ4v) is 4.65. The Hall–Kier alpha value is -3.70. The smallest absolute Gasteiger partial charge is 0.154 e. The minimum atomic E-state index is 0.489. The molecule has 3 heterocycles. The highest BCUT2D eigenvalue weighted by Crippen LogP contribution is 2.42. The van der Waals surface area contributed by atoms with E-state index in [0.29, 0.717) is 5.71 Å². The molecule has 3 aromatic heterocycles. The molecular weight excluding hydrogens is 432 g/mol. The summed E-state index contributed by atoms with van der Waals surface area (Å²) in [7, 11) is 3.62. The summed E-state index contributed by atoms with van der Waals surface area (Å²) in [5, 5.41) is 17.0.